The SMILES string of the molecule is CC1CC(CN)CN1C(C)C(=O)NC1CCCC1. The predicted molar refractivity (Wildman–Crippen MR) is 73.2 cm³/mol. The highest BCUT2D eigenvalue weighted by atomic mass is 16.2. The Hall–Kier alpha value is -0.610. The third-order valence-electron chi connectivity index (χ3n) is 4.62. The number of hydrogen-bond acceptors (Lipinski definition) is 3. The van der Waals surface area contributed by atoms with Crippen LogP contribution >= 0.6 is 0 Å². The normalized spacial score (nSPS) is 31.7. The van der Waals surface area contributed by atoms with Crippen molar-refractivity contribution in [3.8, 4) is 0 Å². The minimum Gasteiger partial charge on any atom is -0.352 e. The van der Waals surface area contributed by atoms with Gasteiger partial charge in [-0.25, -0.2) is 0 Å². The molecule has 1 heterocycles. The molecule has 1 aliphatic carbocycles. The maximum absolute atomic E-state index is 12.2. The lowest BCUT2D eigenvalue weighted by Gasteiger charge is -2.28. The highest BCUT2D eigenvalue weighted by molar-refractivity contribution is 5.81. The zero-order valence-electron chi connectivity index (χ0n) is 11.7. The molecule has 1 saturated heterocycles. The average molecular weight is 253 g/mol. The van der Waals surface area contributed by atoms with E-state index in [4.69, 9.17) is 5.73 Å². The number of hydrogen-bond donors (Lipinski definition) is 2. The molecule has 3 unspecified atom stereocenters. The number of carbonyl (C=O) groups is 1. The second-order valence-electron chi connectivity index (χ2n) is 6.05. The van der Waals surface area contributed by atoms with Crippen LogP contribution in [0.1, 0.15) is 46.0 Å². The number of likely N-dealkylation sites (tertiary alicyclic amines) is 1. The highest BCUT2D eigenvalue weighted by Crippen LogP contribution is 2.25. The molecule has 2 aliphatic rings. The number of carbonyl (C=O) groups excluding carboxylic acids is 1. The monoisotopic (exact) mass is 253 g/mol. The fourth-order valence-corrected chi connectivity index (χ4v) is 3.42. The van der Waals surface area contributed by atoms with Crippen LogP contribution in [0.4, 0.5) is 0 Å². The van der Waals surface area contributed by atoms with Gasteiger partial charge in [0.05, 0.1) is 6.04 Å². The first-order valence-corrected chi connectivity index (χ1v) is 7.38. The maximum Gasteiger partial charge on any atom is 0.237 e. The maximum atomic E-state index is 12.2. The van der Waals surface area contributed by atoms with Gasteiger partial charge < -0.3 is 11.1 Å². The van der Waals surface area contributed by atoms with Crippen molar-refractivity contribution >= 4 is 5.91 Å². The zero-order chi connectivity index (χ0) is 13.1. The van der Waals surface area contributed by atoms with Crippen LogP contribution in [-0.2, 0) is 4.79 Å². The van der Waals surface area contributed by atoms with Crippen molar-refractivity contribution in [1.29, 1.82) is 0 Å². The molecule has 104 valence electrons. The second kappa shape index (κ2) is 6.02. The van der Waals surface area contributed by atoms with Gasteiger partial charge in [0.25, 0.3) is 0 Å². The van der Waals surface area contributed by atoms with Crippen LogP contribution in [-0.4, -0.2) is 42.0 Å². The standard InChI is InChI=1S/C14H27N3O/c1-10-7-12(8-15)9-17(10)11(2)14(18)16-13-5-3-4-6-13/h10-13H,3-9,15H2,1-2H3,(H,16,18). The number of amides is 1. The Balaban J connectivity index is 1.85. The molecule has 0 radical (unpaired) electrons. The van der Waals surface area contributed by atoms with Gasteiger partial charge in [-0.05, 0) is 45.6 Å². The van der Waals surface area contributed by atoms with Crippen molar-refractivity contribution in [3.05, 3.63) is 0 Å². The van der Waals surface area contributed by atoms with Crippen LogP contribution in [0.2, 0.25) is 0 Å². The Morgan fingerprint density at radius 3 is 2.67 bits per heavy atom. The summed E-state index contributed by atoms with van der Waals surface area (Å²) in [6, 6.07) is 0.878. The summed E-state index contributed by atoms with van der Waals surface area (Å²) in [5.74, 6) is 0.758. The highest BCUT2D eigenvalue weighted by Gasteiger charge is 2.34. The van der Waals surface area contributed by atoms with Gasteiger partial charge in [0.2, 0.25) is 5.91 Å². The van der Waals surface area contributed by atoms with Gasteiger partial charge in [0.15, 0.2) is 0 Å². The van der Waals surface area contributed by atoms with Crippen molar-refractivity contribution in [2.24, 2.45) is 11.7 Å². The molecule has 18 heavy (non-hydrogen) atoms. The van der Waals surface area contributed by atoms with Crippen LogP contribution in [0.25, 0.3) is 0 Å². The van der Waals surface area contributed by atoms with Gasteiger partial charge in [-0.15, -0.1) is 0 Å². The fraction of sp³-hybridized carbons (Fsp3) is 0.929. The Labute approximate surface area is 110 Å². The average Bonchev–Trinajstić information content (AvgIpc) is 2.97. The van der Waals surface area contributed by atoms with Gasteiger partial charge >= 0.3 is 0 Å². The van der Waals surface area contributed by atoms with E-state index in [9.17, 15) is 4.79 Å². The second-order valence-corrected chi connectivity index (χ2v) is 6.05. The van der Waals surface area contributed by atoms with Crippen molar-refractivity contribution < 1.29 is 4.79 Å². The Kier molecular flexibility index (Phi) is 4.62. The first kappa shape index (κ1) is 13.8. The Morgan fingerprint density at radius 1 is 1.44 bits per heavy atom. The molecule has 2 rings (SSSR count). The number of nitrogens with two attached hydrogens (primary N) is 1. The molecule has 3 atom stereocenters. The first-order valence-electron chi connectivity index (χ1n) is 7.38. The number of rotatable bonds is 4. The molecule has 1 aliphatic heterocycles. The van der Waals surface area contributed by atoms with Crippen LogP contribution < -0.4 is 11.1 Å². The lowest BCUT2D eigenvalue weighted by molar-refractivity contribution is -0.126. The van der Waals surface area contributed by atoms with Crippen LogP contribution in [0.3, 0.4) is 0 Å². The summed E-state index contributed by atoms with van der Waals surface area (Å²) >= 11 is 0. The summed E-state index contributed by atoms with van der Waals surface area (Å²) in [6.45, 7) is 5.93. The fourth-order valence-electron chi connectivity index (χ4n) is 3.42. The zero-order valence-corrected chi connectivity index (χ0v) is 11.7. The summed E-state index contributed by atoms with van der Waals surface area (Å²) in [5, 5.41) is 3.20. The van der Waals surface area contributed by atoms with Gasteiger partial charge in [0.1, 0.15) is 0 Å². The van der Waals surface area contributed by atoms with Crippen molar-refractivity contribution in [2.45, 2.75) is 64.1 Å². The van der Waals surface area contributed by atoms with Gasteiger partial charge in [-0.1, -0.05) is 12.8 Å². The third-order valence-corrected chi connectivity index (χ3v) is 4.62. The molecule has 0 aromatic carbocycles. The summed E-state index contributed by atoms with van der Waals surface area (Å²) < 4.78 is 0. The summed E-state index contributed by atoms with van der Waals surface area (Å²) in [5.41, 5.74) is 5.74. The minimum absolute atomic E-state index is 0.0165. The van der Waals surface area contributed by atoms with Crippen molar-refractivity contribution in [1.82, 2.24) is 10.2 Å². The molecule has 0 aromatic heterocycles. The van der Waals surface area contributed by atoms with Crippen LogP contribution in [0.15, 0.2) is 0 Å². The van der Waals surface area contributed by atoms with E-state index in [0.29, 0.717) is 18.0 Å². The Bertz CT molecular complexity index is 289. The molecule has 1 saturated carbocycles. The molecule has 2 fully saturated rings. The largest absolute Gasteiger partial charge is 0.352 e. The van der Waals surface area contributed by atoms with E-state index in [1.165, 1.54) is 12.8 Å². The van der Waals surface area contributed by atoms with Crippen molar-refractivity contribution in [3.63, 3.8) is 0 Å². The molecular formula is C14H27N3O. The van der Waals surface area contributed by atoms with E-state index in [2.05, 4.69) is 17.1 Å². The third kappa shape index (κ3) is 3.04. The lowest BCUT2D eigenvalue weighted by atomic mass is 10.1. The molecule has 4 nitrogen and oxygen atoms in total. The molecule has 0 spiro atoms. The van der Waals surface area contributed by atoms with E-state index >= 15 is 0 Å². The van der Waals surface area contributed by atoms with E-state index in [1.807, 2.05) is 6.92 Å². The summed E-state index contributed by atoms with van der Waals surface area (Å²) in [6.07, 6.45) is 5.94. The predicted octanol–water partition coefficient (Wildman–Crippen LogP) is 1.10. The molecule has 4 heteroatoms. The molecule has 0 bridgehead atoms. The topological polar surface area (TPSA) is 58.4 Å². The molecule has 3 N–H and O–H groups in total. The van der Waals surface area contributed by atoms with Gasteiger partial charge in [0, 0.05) is 18.6 Å². The summed E-state index contributed by atoms with van der Waals surface area (Å²) in [7, 11) is 0. The van der Waals surface area contributed by atoms with Crippen molar-refractivity contribution in [2.75, 3.05) is 13.1 Å². The van der Waals surface area contributed by atoms with Crippen LogP contribution in [0.5, 0.6) is 0 Å². The minimum atomic E-state index is -0.0165. The Morgan fingerprint density at radius 2 is 2.11 bits per heavy atom. The van der Waals surface area contributed by atoms with E-state index in [1.54, 1.807) is 0 Å². The number of nitrogens with one attached hydrogen (secondary N) is 1. The van der Waals surface area contributed by atoms with E-state index < -0.39 is 0 Å². The lowest BCUT2D eigenvalue weighted by Crippen LogP contribution is -2.49. The van der Waals surface area contributed by atoms with E-state index in [-0.39, 0.29) is 11.9 Å². The van der Waals surface area contributed by atoms with E-state index in [0.717, 1.165) is 32.4 Å². The molecule has 1 amide bonds. The van der Waals surface area contributed by atoms with Gasteiger partial charge in [-0.2, -0.15) is 0 Å². The first-order chi connectivity index (χ1) is 8.61. The molecule has 0 aromatic rings. The van der Waals surface area contributed by atoms with Gasteiger partial charge in [-0.3, -0.25) is 9.69 Å². The molecular weight excluding hydrogens is 226 g/mol. The quantitative estimate of drug-likeness (QED) is 0.789. The number of nitrogens with zero attached hydrogens (tertiary/aromatic N) is 1. The summed E-state index contributed by atoms with van der Waals surface area (Å²) in [4.78, 5) is 14.5. The smallest absolute Gasteiger partial charge is 0.237 e. The van der Waals surface area contributed by atoms with Crippen LogP contribution in [0, 0.1) is 5.92 Å².